The lowest BCUT2D eigenvalue weighted by Gasteiger charge is -2.36. The molecular weight excluding hydrogens is 368 g/mol. The number of anilines is 1. The van der Waals surface area contributed by atoms with E-state index in [0.29, 0.717) is 12.4 Å². The molecule has 0 saturated carbocycles. The number of Topliss-reactive ketones (excluding diaryl/α,β-unsaturated/α-hetero) is 1. The van der Waals surface area contributed by atoms with Gasteiger partial charge in [0.05, 0.1) is 12.0 Å². The molecule has 1 aliphatic carbocycles. The van der Waals surface area contributed by atoms with Gasteiger partial charge in [0.25, 0.3) is 0 Å². The second-order valence-corrected chi connectivity index (χ2v) is 8.00. The molecule has 28 heavy (non-hydrogen) atoms. The largest absolute Gasteiger partial charge is 0.328 e. The van der Waals surface area contributed by atoms with Crippen LogP contribution in [0.5, 0.6) is 0 Å². The van der Waals surface area contributed by atoms with Crippen molar-refractivity contribution in [3.63, 3.8) is 0 Å². The summed E-state index contributed by atoms with van der Waals surface area (Å²) >= 11 is 1.61. The van der Waals surface area contributed by atoms with Crippen molar-refractivity contribution >= 4 is 23.5 Å². The lowest BCUT2D eigenvalue weighted by molar-refractivity contribution is -0.123. The Kier molecular flexibility index (Phi) is 4.49. The standard InChI is InChI=1S/C22H20N4OS/c27-18-13-7-12-17-19(18)20(16-10-5-2-6-11-16)26-21(23-17)24-22(25-26)28-14-15-8-3-1-4-9-15/h1-6,8-12,19-20H,7,13-14H2,(H,23,24,25). The molecule has 0 fully saturated rings. The van der Waals surface area contributed by atoms with E-state index in [-0.39, 0.29) is 17.7 Å². The summed E-state index contributed by atoms with van der Waals surface area (Å²) in [5.74, 6) is 1.56. The number of carbonyl (C=O) groups is 1. The van der Waals surface area contributed by atoms with Crippen molar-refractivity contribution in [1.29, 1.82) is 0 Å². The number of hydrogen-bond donors (Lipinski definition) is 1. The van der Waals surface area contributed by atoms with Gasteiger partial charge in [0.15, 0.2) is 0 Å². The Labute approximate surface area is 167 Å². The van der Waals surface area contributed by atoms with Crippen LogP contribution < -0.4 is 5.32 Å². The molecule has 0 saturated heterocycles. The third kappa shape index (κ3) is 3.14. The lowest BCUT2D eigenvalue weighted by atomic mass is 9.81. The molecule has 1 N–H and O–H groups in total. The van der Waals surface area contributed by atoms with Crippen LogP contribution in [0, 0.1) is 5.92 Å². The number of allylic oxidation sites excluding steroid dienone is 2. The highest BCUT2D eigenvalue weighted by Crippen LogP contribution is 2.41. The summed E-state index contributed by atoms with van der Waals surface area (Å²) in [6.07, 6.45) is 3.50. The fraction of sp³-hybridized carbons (Fsp3) is 0.227. The summed E-state index contributed by atoms with van der Waals surface area (Å²) in [6, 6.07) is 20.3. The molecule has 5 nitrogen and oxygen atoms in total. The number of aromatic nitrogens is 3. The van der Waals surface area contributed by atoms with E-state index in [0.717, 1.165) is 28.6 Å². The summed E-state index contributed by atoms with van der Waals surface area (Å²) in [5.41, 5.74) is 3.28. The number of fused-ring (bicyclic) bond motifs is 2. The fourth-order valence-electron chi connectivity index (χ4n) is 3.92. The second kappa shape index (κ2) is 7.28. The lowest BCUT2D eigenvalue weighted by Crippen LogP contribution is -2.38. The van der Waals surface area contributed by atoms with E-state index in [9.17, 15) is 4.79 Å². The van der Waals surface area contributed by atoms with Crippen LogP contribution in [0.3, 0.4) is 0 Å². The van der Waals surface area contributed by atoms with E-state index < -0.39 is 0 Å². The number of nitrogens with one attached hydrogen (secondary N) is 1. The van der Waals surface area contributed by atoms with Gasteiger partial charge in [-0.05, 0) is 17.5 Å². The zero-order chi connectivity index (χ0) is 18.9. The SMILES string of the molecule is O=C1CCC=C2Nc3nc(SCc4ccccc4)nn3C(c3ccccc3)C12. The molecular formula is C22H20N4OS. The average Bonchev–Trinajstić information content (AvgIpc) is 3.15. The van der Waals surface area contributed by atoms with Crippen molar-refractivity contribution in [1.82, 2.24) is 14.8 Å². The van der Waals surface area contributed by atoms with Crippen LogP contribution >= 0.6 is 11.8 Å². The van der Waals surface area contributed by atoms with E-state index in [2.05, 4.69) is 35.7 Å². The van der Waals surface area contributed by atoms with Crippen LogP contribution in [-0.4, -0.2) is 20.5 Å². The van der Waals surface area contributed by atoms with Crippen LogP contribution in [0.25, 0.3) is 0 Å². The molecule has 2 unspecified atom stereocenters. The maximum atomic E-state index is 12.8. The van der Waals surface area contributed by atoms with Crippen LogP contribution in [0.2, 0.25) is 0 Å². The quantitative estimate of drug-likeness (QED) is 0.669. The molecule has 5 rings (SSSR count). The first kappa shape index (κ1) is 17.3. The van der Waals surface area contributed by atoms with Crippen molar-refractivity contribution in [2.45, 2.75) is 29.8 Å². The molecule has 140 valence electrons. The van der Waals surface area contributed by atoms with E-state index in [1.807, 2.05) is 41.1 Å². The highest BCUT2D eigenvalue weighted by Gasteiger charge is 2.41. The van der Waals surface area contributed by atoms with Crippen molar-refractivity contribution in [3.8, 4) is 0 Å². The zero-order valence-corrected chi connectivity index (χ0v) is 16.1. The van der Waals surface area contributed by atoms with Crippen LogP contribution in [0.1, 0.15) is 30.0 Å². The predicted molar refractivity (Wildman–Crippen MR) is 110 cm³/mol. The number of thioether (sulfide) groups is 1. The minimum atomic E-state index is -0.225. The fourth-order valence-corrected chi connectivity index (χ4v) is 4.71. The van der Waals surface area contributed by atoms with Crippen molar-refractivity contribution in [2.24, 2.45) is 5.92 Å². The van der Waals surface area contributed by atoms with Gasteiger partial charge in [0, 0.05) is 17.9 Å². The number of carbonyl (C=O) groups excluding carboxylic acids is 1. The van der Waals surface area contributed by atoms with Crippen LogP contribution in [-0.2, 0) is 10.5 Å². The number of ketones is 1. The molecule has 0 spiro atoms. The monoisotopic (exact) mass is 388 g/mol. The van der Waals surface area contributed by atoms with Gasteiger partial charge < -0.3 is 5.32 Å². The molecule has 2 aromatic carbocycles. The first-order valence-corrected chi connectivity index (χ1v) is 10.5. The van der Waals surface area contributed by atoms with Gasteiger partial charge in [-0.15, -0.1) is 5.10 Å². The normalized spacial score (nSPS) is 20.7. The number of benzene rings is 2. The number of hydrogen-bond acceptors (Lipinski definition) is 5. The van der Waals surface area contributed by atoms with Gasteiger partial charge in [-0.3, -0.25) is 4.79 Å². The molecule has 1 aromatic heterocycles. The van der Waals surface area contributed by atoms with E-state index in [4.69, 9.17) is 10.1 Å². The van der Waals surface area contributed by atoms with Crippen LogP contribution in [0.4, 0.5) is 5.95 Å². The topological polar surface area (TPSA) is 59.8 Å². The molecule has 2 atom stereocenters. The third-order valence-corrected chi connectivity index (χ3v) is 6.14. The first-order chi connectivity index (χ1) is 13.8. The van der Waals surface area contributed by atoms with Crippen molar-refractivity contribution < 1.29 is 4.79 Å². The summed E-state index contributed by atoms with van der Waals surface area (Å²) in [6.45, 7) is 0. The van der Waals surface area contributed by atoms with E-state index in [1.165, 1.54) is 5.56 Å². The minimum Gasteiger partial charge on any atom is -0.328 e. The summed E-state index contributed by atoms with van der Waals surface area (Å²) in [4.78, 5) is 17.5. The Morgan fingerprint density at radius 2 is 1.82 bits per heavy atom. The van der Waals surface area contributed by atoms with E-state index in [1.54, 1.807) is 11.8 Å². The van der Waals surface area contributed by atoms with Gasteiger partial charge in [-0.1, -0.05) is 78.5 Å². The Hall–Kier alpha value is -2.86. The molecule has 6 heteroatoms. The molecule has 0 radical (unpaired) electrons. The first-order valence-electron chi connectivity index (χ1n) is 9.47. The van der Waals surface area contributed by atoms with Crippen molar-refractivity contribution in [2.75, 3.05) is 5.32 Å². The van der Waals surface area contributed by atoms with Crippen molar-refractivity contribution in [3.05, 3.63) is 83.6 Å². The Morgan fingerprint density at radius 3 is 2.61 bits per heavy atom. The Balaban J connectivity index is 1.51. The smallest absolute Gasteiger partial charge is 0.227 e. The molecule has 0 amide bonds. The molecule has 2 aliphatic rings. The van der Waals surface area contributed by atoms with Gasteiger partial charge in [0.1, 0.15) is 5.78 Å². The number of rotatable bonds is 4. The maximum absolute atomic E-state index is 12.8. The van der Waals surface area contributed by atoms with Gasteiger partial charge >= 0.3 is 0 Å². The number of nitrogens with zero attached hydrogens (tertiary/aromatic N) is 3. The van der Waals surface area contributed by atoms with Gasteiger partial charge in [0.2, 0.25) is 11.1 Å². The summed E-state index contributed by atoms with van der Waals surface area (Å²) in [7, 11) is 0. The Morgan fingerprint density at radius 1 is 1.07 bits per heavy atom. The predicted octanol–water partition coefficient (Wildman–Crippen LogP) is 4.45. The molecule has 1 aliphatic heterocycles. The van der Waals surface area contributed by atoms with E-state index >= 15 is 0 Å². The molecule has 3 aromatic rings. The van der Waals surface area contributed by atoms with Gasteiger partial charge in [-0.2, -0.15) is 4.98 Å². The maximum Gasteiger partial charge on any atom is 0.227 e. The minimum absolute atomic E-state index is 0.157. The molecule has 2 heterocycles. The highest BCUT2D eigenvalue weighted by molar-refractivity contribution is 7.98. The summed E-state index contributed by atoms with van der Waals surface area (Å²) in [5, 5.41) is 8.86. The van der Waals surface area contributed by atoms with Gasteiger partial charge in [-0.25, -0.2) is 4.68 Å². The summed E-state index contributed by atoms with van der Waals surface area (Å²) < 4.78 is 1.90. The zero-order valence-electron chi connectivity index (χ0n) is 15.3. The third-order valence-electron chi connectivity index (χ3n) is 5.24. The Bertz CT molecular complexity index is 1030. The second-order valence-electron chi connectivity index (χ2n) is 7.06. The highest BCUT2D eigenvalue weighted by atomic mass is 32.2. The van der Waals surface area contributed by atoms with Crippen LogP contribution in [0.15, 0.2) is 77.6 Å². The molecule has 0 bridgehead atoms. The average molecular weight is 388 g/mol.